The Kier molecular flexibility index (Phi) is 6.16. The first-order valence-electron chi connectivity index (χ1n) is 6.69. The van der Waals surface area contributed by atoms with Gasteiger partial charge in [-0.1, -0.05) is 24.6 Å². The molecule has 0 aliphatic rings. The van der Waals surface area contributed by atoms with Crippen LogP contribution in [0.3, 0.4) is 0 Å². The zero-order valence-corrected chi connectivity index (χ0v) is 11.9. The van der Waals surface area contributed by atoms with Crippen molar-refractivity contribution in [3.8, 4) is 5.75 Å². The number of nitrogens with one attached hydrogen (secondary N) is 1. The van der Waals surface area contributed by atoms with Crippen molar-refractivity contribution in [3.63, 3.8) is 0 Å². The number of aryl methyl sites for hydroxylation is 1. The molecule has 0 fully saturated rings. The van der Waals surface area contributed by atoms with Crippen LogP contribution in [0.4, 0.5) is 0 Å². The van der Waals surface area contributed by atoms with Crippen molar-refractivity contribution in [2.24, 2.45) is 0 Å². The van der Waals surface area contributed by atoms with E-state index in [1.165, 1.54) is 11.1 Å². The third kappa shape index (κ3) is 4.67. The summed E-state index contributed by atoms with van der Waals surface area (Å²) in [6.45, 7) is 9.58. The van der Waals surface area contributed by atoms with Gasteiger partial charge >= 0.3 is 0 Å². The van der Waals surface area contributed by atoms with Crippen molar-refractivity contribution < 1.29 is 9.84 Å². The average molecular weight is 251 g/mol. The van der Waals surface area contributed by atoms with Gasteiger partial charge < -0.3 is 15.2 Å². The number of hydrogen-bond donors (Lipinski definition) is 2. The van der Waals surface area contributed by atoms with Crippen LogP contribution in [0.5, 0.6) is 5.75 Å². The van der Waals surface area contributed by atoms with E-state index in [9.17, 15) is 5.11 Å². The van der Waals surface area contributed by atoms with Gasteiger partial charge in [-0.3, -0.25) is 0 Å². The minimum absolute atomic E-state index is 0.274. The summed E-state index contributed by atoms with van der Waals surface area (Å²) in [7, 11) is 0. The van der Waals surface area contributed by atoms with Gasteiger partial charge in [-0.05, 0) is 33.4 Å². The molecule has 0 aliphatic heterocycles. The normalized spacial score (nSPS) is 14.3. The first-order chi connectivity index (χ1) is 8.54. The maximum atomic E-state index is 9.24. The fraction of sp³-hybridized carbons (Fsp3) is 0.600. The maximum absolute atomic E-state index is 9.24. The molecule has 1 aromatic rings. The van der Waals surface area contributed by atoms with Crippen LogP contribution in [0.2, 0.25) is 0 Å². The molecule has 0 amide bonds. The first kappa shape index (κ1) is 15.0. The minimum Gasteiger partial charge on any atom is -0.493 e. The Morgan fingerprint density at radius 3 is 2.67 bits per heavy atom. The number of hydrogen-bond acceptors (Lipinski definition) is 3. The molecule has 2 N–H and O–H groups in total. The second-order valence-electron chi connectivity index (χ2n) is 4.81. The van der Waals surface area contributed by atoms with Crippen LogP contribution in [0.15, 0.2) is 18.2 Å². The van der Waals surface area contributed by atoms with Gasteiger partial charge in [0, 0.05) is 18.0 Å². The summed E-state index contributed by atoms with van der Waals surface area (Å²) in [5.74, 6) is 0.912. The molecule has 0 heterocycles. The summed E-state index contributed by atoms with van der Waals surface area (Å²) in [5.41, 5.74) is 2.42. The van der Waals surface area contributed by atoms with Crippen molar-refractivity contribution in [1.82, 2.24) is 5.32 Å². The quantitative estimate of drug-likeness (QED) is 0.783. The molecule has 0 saturated heterocycles. The van der Waals surface area contributed by atoms with E-state index < -0.39 is 0 Å². The molecule has 0 radical (unpaired) electrons. The lowest BCUT2D eigenvalue weighted by atomic mass is 10.0. The average Bonchev–Trinajstić information content (AvgIpc) is 2.31. The molecule has 1 aromatic carbocycles. The van der Waals surface area contributed by atoms with Crippen molar-refractivity contribution in [1.29, 1.82) is 0 Å². The van der Waals surface area contributed by atoms with E-state index in [-0.39, 0.29) is 12.1 Å². The monoisotopic (exact) mass is 251 g/mol. The highest BCUT2D eigenvalue weighted by atomic mass is 16.5. The van der Waals surface area contributed by atoms with Gasteiger partial charge in [0.2, 0.25) is 0 Å². The Morgan fingerprint density at radius 1 is 1.33 bits per heavy atom. The van der Waals surface area contributed by atoms with Gasteiger partial charge in [0.15, 0.2) is 0 Å². The number of aliphatic hydroxyl groups excluding tert-OH is 1. The molecule has 0 bridgehead atoms. The highest BCUT2D eigenvalue weighted by Gasteiger charge is 2.11. The van der Waals surface area contributed by atoms with Crippen molar-refractivity contribution in [3.05, 3.63) is 29.3 Å². The molecule has 3 nitrogen and oxygen atoms in total. The van der Waals surface area contributed by atoms with E-state index in [1.54, 1.807) is 6.92 Å². The van der Waals surface area contributed by atoms with E-state index in [1.807, 2.05) is 6.07 Å². The molecule has 102 valence electrons. The van der Waals surface area contributed by atoms with Gasteiger partial charge in [0.1, 0.15) is 5.75 Å². The second kappa shape index (κ2) is 7.39. The molecular formula is C15H25NO2. The molecule has 0 aromatic heterocycles. The topological polar surface area (TPSA) is 41.5 Å². The second-order valence-corrected chi connectivity index (χ2v) is 4.81. The van der Waals surface area contributed by atoms with E-state index in [0.29, 0.717) is 13.0 Å². The largest absolute Gasteiger partial charge is 0.493 e. The minimum atomic E-state index is -0.315. The van der Waals surface area contributed by atoms with Gasteiger partial charge in [0.25, 0.3) is 0 Å². The van der Waals surface area contributed by atoms with Gasteiger partial charge in [-0.15, -0.1) is 0 Å². The Morgan fingerprint density at radius 2 is 2.06 bits per heavy atom. The van der Waals surface area contributed by atoms with E-state index >= 15 is 0 Å². The smallest absolute Gasteiger partial charge is 0.124 e. The predicted octanol–water partition coefficient (Wildman–Crippen LogP) is 2.82. The van der Waals surface area contributed by atoms with Crippen LogP contribution in [-0.4, -0.2) is 24.4 Å². The third-order valence-electron chi connectivity index (χ3n) is 2.94. The molecule has 0 saturated carbocycles. The fourth-order valence-electron chi connectivity index (χ4n) is 1.89. The molecular weight excluding hydrogens is 226 g/mol. The zero-order valence-electron chi connectivity index (χ0n) is 11.9. The predicted molar refractivity (Wildman–Crippen MR) is 75.1 cm³/mol. The standard InChI is InChI=1S/C15H25NO2/c1-5-16-13(4)14-10-11(2)6-7-15(14)18-9-8-12(3)17/h6-7,10,12-13,16-17H,5,8-9H2,1-4H3. The van der Waals surface area contributed by atoms with Crippen LogP contribution < -0.4 is 10.1 Å². The Labute approximate surface area is 110 Å². The van der Waals surface area contributed by atoms with E-state index in [0.717, 1.165) is 12.3 Å². The summed E-state index contributed by atoms with van der Waals surface area (Å²) in [5, 5.41) is 12.6. The van der Waals surface area contributed by atoms with Crippen molar-refractivity contribution in [2.45, 2.75) is 46.3 Å². The molecule has 2 unspecified atom stereocenters. The van der Waals surface area contributed by atoms with Gasteiger partial charge in [0.05, 0.1) is 12.7 Å². The fourth-order valence-corrected chi connectivity index (χ4v) is 1.89. The van der Waals surface area contributed by atoms with Crippen LogP contribution in [0.25, 0.3) is 0 Å². The molecule has 0 spiro atoms. The Hall–Kier alpha value is -1.06. The van der Waals surface area contributed by atoms with Crippen molar-refractivity contribution in [2.75, 3.05) is 13.2 Å². The summed E-state index contributed by atoms with van der Waals surface area (Å²) >= 11 is 0. The summed E-state index contributed by atoms with van der Waals surface area (Å²) in [6, 6.07) is 6.50. The lowest BCUT2D eigenvalue weighted by molar-refractivity contribution is 0.155. The Bertz CT molecular complexity index is 364. The molecule has 0 aliphatic carbocycles. The highest BCUT2D eigenvalue weighted by Crippen LogP contribution is 2.26. The number of benzene rings is 1. The van der Waals surface area contributed by atoms with E-state index in [2.05, 4.69) is 38.2 Å². The molecule has 3 heteroatoms. The number of rotatable bonds is 7. The number of aliphatic hydroxyl groups is 1. The highest BCUT2D eigenvalue weighted by molar-refractivity contribution is 5.38. The van der Waals surface area contributed by atoms with Crippen molar-refractivity contribution >= 4 is 0 Å². The molecule has 2 atom stereocenters. The first-order valence-corrected chi connectivity index (χ1v) is 6.69. The number of ether oxygens (including phenoxy) is 1. The van der Waals surface area contributed by atoms with Crippen LogP contribution >= 0.6 is 0 Å². The lowest BCUT2D eigenvalue weighted by Crippen LogP contribution is -2.19. The lowest BCUT2D eigenvalue weighted by Gasteiger charge is -2.18. The SMILES string of the molecule is CCNC(C)c1cc(C)ccc1OCCC(C)O. The van der Waals surface area contributed by atoms with Crippen LogP contribution in [0.1, 0.15) is 44.4 Å². The third-order valence-corrected chi connectivity index (χ3v) is 2.94. The summed E-state index contributed by atoms with van der Waals surface area (Å²) in [6.07, 6.45) is 0.341. The maximum Gasteiger partial charge on any atom is 0.124 e. The van der Waals surface area contributed by atoms with Crippen LogP contribution in [0, 0.1) is 6.92 Å². The summed E-state index contributed by atoms with van der Waals surface area (Å²) < 4.78 is 5.77. The zero-order chi connectivity index (χ0) is 13.5. The Balaban J connectivity index is 2.76. The summed E-state index contributed by atoms with van der Waals surface area (Å²) in [4.78, 5) is 0. The molecule has 18 heavy (non-hydrogen) atoms. The van der Waals surface area contributed by atoms with E-state index in [4.69, 9.17) is 4.74 Å². The molecule has 1 rings (SSSR count). The van der Waals surface area contributed by atoms with Crippen LogP contribution in [-0.2, 0) is 0 Å². The van der Waals surface area contributed by atoms with Gasteiger partial charge in [-0.25, -0.2) is 0 Å². The van der Waals surface area contributed by atoms with Gasteiger partial charge in [-0.2, -0.15) is 0 Å².